The quantitative estimate of drug-likeness (QED) is 0.426. The third kappa shape index (κ3) is 3.21. The normalized spacial score (nSPS) is 11.2. The van der Waals surface area contributed by atoms with Crippen molar-refractivity contribution >= 4 is 33.4 Å². The Balaban J connectivity index is 1.56. The zero-order valence-corrected chi connectivity index (χ0v) is 18.5. The van der Waals surface area contributed by atoms with Crippen molar-refractivity contribution in [3.05, 3.63) is 77.9 Å². The minimum absolute atomic E-state index is 0.160. The lowest BCUT2D eigenvalue weighted by Gasteiger charge is -2.10. The first kappa shape index (κ1) is 19.9. The van der Waals surface area contributed by atoms with Gasteiger partial charge in [-0.05, 0) is 61.0 Å². The highest BCUT2D eigenvalue weighted by atomic mass is 16.5. The maximum atomic E-state index is 13.1. The fourth-order valence-electron chi connectivity index (χ4n) is 4.21. The van der Waals surface area contributed by atoms with Crippen LogP contribution in [0.2, 0.25) is 0 Å². The Morgan fingerprint density at radius 3 is 2.53 bits per heavy atom. The highest BCUT2D eigenvalue weighted by Gasteiger charge is 2.18. The third-order valence-corrected chi connectivity index (χ3v) is 5.99. The van der Waals surface area contributed by atoms with Crippen LogP contribution in [-0.4, -0.2) is 27.4 Å². The van der Waals surface area contributed by atoms with E-state index >= 15 is 0 Å². The van der Waals surface area contributed by atoms with Gasteiger partial charge in [-0.2, -0.15) is 5.10 Å². The molecule has 0 aliphatic heterocycles. The van der Waals surface area contributed by atoms with Crippen molar-refractivity contribution in [3.8, 4) is 17.1 Å². The van der Waals surface area contributed by atoms with E-state index in [4.69, 9.17) is 9.84 Å². The molecule has 0 saturated heterocycles. The number of nitrogens with zero attached hydrogens (tertiary/aromatic N) is 3. The molecule has 1 N–H and O–H groups in total. The van der Waals surface area contributed by atoms with E-state index in [1.165, 1.54) is 0 Å². The van der Waals surface area contributed by atoms with Crippen molar-refractivity contribution in [2.24, 2.45) is 14.1 Å². The molecule has 3 aromatic carbocycles. The molecule has 0 radical (unpaired) electrons. The number of anilines is 1. The number of amides is 1. The summed E-state index contributed by atoms with van der Waals surface area (Å²) < 4.78 is 9.26. The van der Waals surface area contributed by atoms with Crippen LogP contribution in [0.15, 0.2) is 66.7 Å². The molecule has 32 heavy (non-hydrogen) atoms. The van der Waals surface area contributed by atoms with E-state index in [-0.39, 0.29) is 5.91 Å². The number of para-hydroxylation sites is 1. The number of ether oxygens (including phenoxy) is 1. The number of methoxy groups -OCH3 is 1. The van der Waals surface area contributed by atoms with Gasteiger partial charge in [0.25, 0.3) is 5.91 Å². The number of aryl methyl sites for hydroxylation is 3. The highest BCUT2D eigenvalue weighted by Crippen LogP contribution is 2.32. The summed E-state index contributed by atoms with van der Waals surface area (Å²) in [6.07, 6.45) is 0. The van der Waals surface area contributed by atoms with E-state index in [9.17, 15) is 4.79 Å². The molecule has 0 spiro atoms. The van der Waals surface area contributed by atoms with Gasteiger partial charge in [0.05, 0.1) is 18.3 Å². The second-order valence-electron chi connectivity index (χ2n) is 7.99. The molecule has 0 aliphatic carbocycles. The second-order valence-corrected chi connectivity index (χ2v) is 7.99. The fourth-order valence-corrected chi connectivity index (χ4v) is 4.21. The number of rotatable bonds is 4. The van der Waals surface area contributed by atoms with Crippen LogP contribution in [-0.2, 0) is 14.1 Å². The first-order valence-electron chi connectivity index (χ1n) is 10.4. The fraction of sp³-hybridized carbons (Fsp3) is 0.154. The lowest BCUT2D eigenvalue weighted by molar-refractivity contribution is 0.102. The van der Waals surface area contributed by atoms with Gasteiger partial charge in [0.15, 0.2) is 0 Å². The van der Waals surface area contributed by atoms with Gasteiger partial charge in [-0.25, -0.2) is 0 Å². The maximum Gasteiger partial charge on any atom is 0.255 e. The average Bonchev–Trinajstić information content (AvgIpc) is 3.31. The van der Waals surface area contributed by atoms with Crippen LogP contribution in [0.25, 0.3) is 33.2 Å². The van der Waals surface area contributed by atoms with Crippen LogP contribution in [0.1, 0.15) is 15.9 Å². The third-order valence-electron chi connectivity index (χ3n) is 5.99. The van der Waals surface area contributed by atoms with Crippen molar-refractivity contribution in [1.29, 1.82) is 0 Å². The first-order chi connectivity index (χ1) is 15.5. The predicted molar refractivity (Wildman–Crippen MR) is 128 cm³/mol. The van der Waals surface area contributed by atoms with Crippen LogP contribution in [0.3, 0.4) is 0 Å². The predicted octanol–water partition coefficient (Wildman–Crippen LogP) is 5.30. The molecule has 2 heterocycles. The van der Waals surface area contributed by atoms with Gasteiger partial charge < -0.3 is 14.6 Å². The van der Waals surface area contributed by atoms with Gasteiger partial charge in [0.2, 0.25) is 0 Å². The van der Waals surface area contributed by atoms with Gasteiger partial charge >= 0.3 is 0 Å². The Morgan fingerprint density at radius 1 is 0.969 bits per heavy atom. The van der Waals surface area contributed by atoms with Crippen molar-refractivity contribution in [2.45, 2.75) is 6.92 Å². The van der Waals surface area contributed by atoms with Crippen molar-refractivity contribution in [1.82, 2.24) is 14.3 Å². The van der Waals surface area contributed by atoms with E-state index in [1.54, 1.807) is 7.11 Å². The summed E-state index contributed by atoms with van der Waals surface area (Å²) in [5.41, 5.74) is 6.28. The van der Waals surface area contributed by atoms with Crippen molar-refractivity contribution in [2.75, 3.05) is 12.4 Å². The van der Waals surface area contributed by atoms with E-state index in [2.05, 4.69) is 28.1 Å². The highest BCUT2D eigenvalue weighted by molar-refractivity contribution is 6.08. The molecule has 5 aromatic rings. The molecule has 0 atom stereocenters. The lowest BCUT2D eigenvalue weighted by atomic mass is 10.1. The minimum Gasteiger partial charge on any atom is -0.497 e. The molecule has 0 saturated carbocycles. The number of hydrogen-bond acceptors (Lipinski definition) is 3. The molecule has 0 unspecified atom stereocenters. The summed E-state index contributed by atoms with van der Waals surface area (Å²) in [4.78, 5) is 13.1. The van der Waals surface area contributed by atoms with E-state index in [0.717, 1.165) is 50.2 Å². The number of benzene rings is 3. The Labute approximate surface area is 186 Å². The summed E-state index contributed by atoms with van der Waals surface area (Å²) in [6.45, 7) is 1.95. The van der Waals surface area contributed by atoms with Gasteiger partial charge in [-0.1, -0.05) is 18.2 Å². The average molecular weight is 425 g/mol. The summed E-state index contributed by atoms with van der Waals surface area (Å²) in [7, 11) is 5.60. The Hall–Kier alpha value is -4.06. The lowest BCUT2D eigenvalue weighted by Crippen LogP contribution is -2.12. The number of fused-ring (bicyclic) bond motifs is 2. The standard InChI is InChI=1S/C26H24N4O2/c1-16-13-19(32-4)10-11-21(16)27-26(31)18-9-12-23-20(14-18)25(28-30(23)3)24-15-17-7-5-6-8-22(17)29(24)2/h5-15H,1-4H3,(H,27,31). The number of nitrogens with one attached hydrogen (secondary N) is 1. The molecule has 0 bridgehead atoms. The Bertz CT molecular complexity index is 1490. The van der Waals surface area contributed by atoms with E-state index in [0.29, 0.717) is 5.56 Å². The molecule has 0 fully saturated rings. The summed E-state index contributed by atoms with van der Waals surface area (Å²) in [5, 5.41) is 9.90. The van der Waals surface area contributed by atoms with E-state index < -0.39 is 0 Å². The monoisotopic (exact) mass is 424 g/mol. The SMILES string of the molecule is COc1ccc(NC(=O)c2ccc3c(c2)c(-c2cc4ccccc4n2C)nn3C)c(C)c1. The molecule has 6 heteroatoms. The topological polar surface area (TPSA) is 61.1 Å². The smallest absolute Gasteiger partial charge is 0.255 e. The summed E-state index contributed by atoms with van der Waals surface area (Å²) >= 11 is 0. The molecule has 0 aliphatic rings. The molecule has 160 valence electrons. The maximum absolute atomic E-state index is 13.1. The largest absolute Gasteiger partial charge is 0.497 e. The van der Waals surface area contributed by atoms with Crippen molar-refractivity contribution < 1.29 is 9.53 Å². The van der Waals surface area contributed by atoms with Crippen LogP contribution in [0.4, 0.5) is 5.69 Å². The van der Waals surface area contributed by atoms with Crippen LogP contribution in [0.5, 0.6) is 5.75 Å². The summed E-state index contributed by atoms with van der Waals surface area (Å²) in [6, 6.07) is 21.7. The number of carbonyl (C=O) groups excluding carboxylic acids is 1. The Kier molecular flexibility index (Phi) is 4.70. The number of carbonyl (C=O) groups is 1. The van der Waals surface area contributed by atoms with Gasteiger partial charge in [-0.15, -0.1) is 0 Å². The molecule has 5 rings (SSSR count). The van der Waals surface area contributed by atoms with Crippen LogP contribution < -0.4 is 10.1 Å². The first-order valence-corrected chi connectivity index (χ1v) is 10.4. The minimum atomic E-state index is -0.160. The summed E-state index contributed by atoms with van der Waals surface area (Å²) in [5.74, 6) is 0.601. The molecule has 6 nitrogen and oxygen atoms in total. The Morgan fingerprint density at radius 2 is 1.78 bits per heavy atom. The van der Waals surface area contributed by atoms with Crippen molar-refractivity contribution in [3.63, 3.8) is 0 Å². The molecular weight excluding hydrogens is 400 g/mol. The van der Waals surface area contributed by atoms with E-state index in [1.807, 2.05) is 74.2 Å². The van der Waals surface area contributed by atoms with Gasteiger partial charge in [0.1, 0.15) is 11.4 Å². The molecular formula is C26H24N4O2. The van der Waals surface area contributed by atoms with Crippen LogP contribution >= 0.6 is 0 Å². The molecule has 1 amide bonds. The molecule has 2 aromatic heterocycles. The number of hydrogen-bond donors (Lipinski definition) is 1. The number of aromatic nitrogens is 3. The van der Waals surface area contributed by atoms with Crippen LogP contribution in [0, 0.1) is 6.92 Å². The van der Waals surface area contributed by atoms with Gasteiger partial charge in [-0.3, -0.25) is 9.48 Å². The second kappa shape index (κ2) is 7.57. The van der Waals surface area contributed by atoms with Gasteiger partial charge in [0, 0.05) is 41.6 Å². The zero-order chi connectivity index (χ0) is 22.4. The zero-order valence-electron chi connectivity index (χ0n) is 18.5.